The van der Waals surface area contributed by atoms with Crippen LogP contribution in [0.15, 0.2) is 60.9 Å². The minimum Gasteiger partial charge on any atom is -0.464 e. The second-order valence-corrected chi connectivity index (χ2v) is 17.2. The monoisotopic (exact) mass is 788 g/mol. The minimum absolute atomic E-state index is 0.124. The highest BCUT2D eigenvalue weighted by Crippen LogP contribution is 2.50. The molecular weight excluding hydrogens is 744 g/mol. The van der Waals surface area contributed by atoms with Crippen molar-refractivity contribution in [1.82, 2.24) is 40.0 Å². The van der Waals surface area contributed by atoms with Gasteiger partial charge in [0.1, 0.15) is 29.3 Å². The summed E-state index contributed by atoms with van der Waals surface area (Å²) < 4.78 is 30.3. The largest absolute Gasteiger partial charge is 0.464 e. The Balaban J connectivity index is 0.997. The fourth-order valence-electron chi connectivity index (χ4n) is 8.80. The number of hydrogen-bond donors (Lipinski definition) is 4. The number of carbonyl (C=O) groups is 2. The lowest BCUT2D eigenvalue weighted by atomic mass is 10.0. The van der Waals surface area contributed by atoms with E-state index in [2.05, 4.69) is 60.5 Å². The van der Waals surface area contributed by atoms with Crippen LogP contribution in [0.1, 0.15) is 98.0 Å². The number of nitrogens with one attached hydrogen (secondary N) is 4. The predicted molar refractivity (Wildman–Crippen MR) is 215 cm³/mol. The normalized spacial score (nSPS) is 20.8. The van der Waals surface area contributed by atoms with Gasteiger partial charge in [-0.05, 0) is 99.4 Å². The van der Waals surface area contributed by atoms with E-state index in [-0.39, 0.29) is 29.7 Å². The number of H-pyrrole nitrogens is 2. The summed E-state index contributed by atoms with van der Waals surface area (Å²) in [6.45, 7) is 5.34. The second-order valence-electron chi connectivity index (χ2n) is 16.0. The molecule has 10 rings (SSSR count). The van der Waals surface area contributed by atoms with Crippen molar-refractivity contribution in [2.45, 2.75) is 82.6 Å². The van der Waals surface area contributed by atoms with Crippen LogP contribution in [0.4, 0.5) is 9.18 Å². The number of hydrogen-bond acceptors (Lipinski definition) is 8. The van der Waals surface area contributed by atoms with E-state index in [1.54, 1.807) is 29.8 Å². The van der Waals surface area contributed by atoms with Gasteiger partial charge in [-0.2, -0.15) is 0 Å². The topological polar surface area (TPSA) is 142 Å². The molecule has 4 unspecified atom stereocenters. The maximum atomic E-state index is 16.5. The lowest BCUT2D eigenvalue weighted by Gasteiger charge is -2.30. The van der Waals surface area contributed by atoms with Gasteiger partial charge in [-0.15, -0.1) is 11.3 Å². The van der Waals surface area contributed by atoms with E-state index in [4.69, 9.17) is 14.5 Å². The Bertz CT molecular complexity index is 2510. The van der Waals surface area contributed by atoms with Crippen molar-refractivity contribution in [3.8, 4) is 39.5 Å². The summed E-state index contributed by atoms with van der Waals surface area (Å²) >= 11 is 1.78. The van der Waals surface area contributed by atoms with Gasteiger partial charge in [-0.25, -0.2) is 19.2 Å². The molecule has 6 aromatic rings. The van der Waals surface area contributed by atoms with E-state index in [1.165, 1.54) is 24.8 Å². The van der Waals surface area contributed by atoms with E-state index in [0.29, 0.717) is 35.2 Å². The van der Waals surface area contributed by atoms with Gasteiger partial charge in [0.15, 0.2) is 0 Å². The quantitative estimate of drug-likeness (QED) is 0.115. The van der Waals surface area contributed by atoms with Crippen molar-refractivity contribution in [3.05, 3.63) is 88.1 Å². The van der Waals surface area contributed by atoms with Gasteiger partial charge in [0.2, 0.25) is 12.1 Å². The average Bonchev–Trinajstić information content (AvgIpc) is 3.94. The highest BCUT2D eigenvalue weighted by molar-refractivity contribution is 7.12. The van der Waals surface area contributed by atoms with E-state index in [0.717, 1.165) is 76.5 Å². The van der Waals surface area contributed by atoms with Gasteiger partial charge >= 0.3 is 6.09 Å². The molecule has 4 aliphatic rings. The molecule has 3 aliphatic heterocycles. The third kappa shape index (κ3) is 6.38. The number of alkyl carbamates (subject to hydrolysis) is 1. The molecule has 57 heavy (non-hydrogen) atoms. The number of nitrogens with zero attached hydrogens (tertiary/aromatic N) is 4. The molecule has 3 fully saturated rings. The first kappa shape index (κ1) is 35.9. The molecule has 0 radical (unpaired) electrons. The van der Waals surface area contributed by atoms with Crippen molar-refractivity contribution in [3.63, 3.8) is 0 Å². The zero-order valence-electron chi connectivity index (χ0n) is 32.1. The van der Waals surface area contributed by atoms with Gasteiger partial charge in [-0.3, -0.25) is 9.36 Å². The van der Waals surface area contributed by atoms with Crippen LogP contribution in [0, 0.1) is 11.7 Å². The summed E-state index contributed by atoms with van der Waals surface area (Å²) in [5.41, 5.74) is 5.29. The summed E-state index contributed by atoms with van der Waals surface area (Å²) in [6, 6.07) is 15.4. The molecule has 1 saturated carbocycles. The molecule has 0 bridgehead atoms. The Morgan fingerprint density at radius 3 is 2.51 bits per heavy atom. The number of aromatic nitrogens is 5. The SMILES string of the molecule is COC(=O)NC(C(=O)N1CCCC1c1ncc(-c2ccc3c(c2)cc2n3C(c3ccc(C4CC4)s3)Oc3cc(-c4cnc(C5CCCN5)[nH]4)cc(F)c3-2)[nH]1)C(C)C. The number of thiophene rings is 1. The van der Waals surface area contributed by atoms with Crippen LogP contribution in [-0.2, 0) is 9.53 Å². The number of ether oxygens (including phenoxy) is 2. The summed E-state index contributed by atoms with van der Waals surface area (Å²) in [6.07, 6.45) is 8.60. The Morgan fingerprint density at radius 2 is 1.74 bits per heavy atom. The molecule has 4 atom stereocenters. The number of methoxy groups -OCH3 is 1. The molecule has 2 saturated heterocycles. The highest BCUT2D eigenvalue weighted by atomic mass is 32.1. The van der Waals surface area contributed by atoms with Crippen molar-refractivity contribution in [2.75, 3.05) is 20.2 Å². The van der Waals surface area contributed by atoms with Gasteiger partial charge in [0.05, 0.1) is 64.6 Å². The first-order chi connectivity index (χ1) is 27.7. The lowest BCUT2D eigenvalue weighted by Crippen LogP contribution is -2.51. The summed E-state index contributed by atoms with van der Waals surface area (Å²) in [4.78, 5) is 46.4. The van der Waals surface area contributed by atoms with Gasteiger partial charge in [0.25, 0.3) is 0 Å². The van der Waals surface area contributed by atoms with Crippen LogP contribution in [0.3, 0.4) is 0 Å². The van der Waals surface area contributed by atoms with E-state index < -0.39 is 18.4 Å². The van der Waals surface area contributed by atoms with Gasteiger partial charge in [-0.1, -0.05) is 19.9 Å². The van der Waals surface area contributed by atoms with Crippen LogP contribution < -0.4 is 15.4 Å². The van der Waals surface area contributed by atoms with E-state index >= 15 is 4.39 Å². The molecular formula is C43H45FN8O4S. The van der Waals surface area contributed by atoms with Crippen molar-refractivity contribution in [2.24, 2.45) is 5.92 Å². The fraction of sp³-hybridized carbons (Fsp3) is 0.395. The number of aromatic amines is 2. The van der Waals surface area contributed by atoms with Crippen molar-refractivity contribution >= 4 is 34.2 Å². The van der Waals surface area contributed by atoms with Crippen LogP contribution >= 0.6 is 11.3 Å². The first-order valence-corrected chi connectivity index (χ1v) is 20.8. The van der Waals surface area contributed by atoms with E-state index in [1.807, 2.05) is 30.9 Å². The third-order valence-electron chi connectivity index (χ3n) is 11.9. The first-order valence-electron chi connectivity index (χ1n) is 20.0. The number of carbonyl (C=O) groups excluding carboxylic acids is 2. The van der Waals surface area contributed by atoms with Crippen LogP contribution in [0.2, 0.25) is 0 Å². The number of benzene rings is 2. The standard InChI is InChI=1S/C43H45FN8O4S/c1-22(2)38(50-43(54)55-3)41(53)51-15-5-7-32(51)40-47-20-29(49-40)24-10-11-31-26(16-24)18-33-37-27(44)17-25(30-21-46-39(48-30)28-6-4-14-45-28)19-34(37)56-42(52(31)33)36-13-12-35(57-36)23-8-9-23/h10-13,16-23,28,32,38,42,45H,4-9,14-15H2,1-3H3,(H,46,48)(H,47,49)(H,50,54). The number of likely N-dealkylation sites (tertiary alicyclic amines) is 1. The van der Waals surface area contributed by atoms with Gasteiger partial charge < -0.3 is 35.0 Å². The van der Waals surface area contributed by atoms with Crippen LogP contribution in [0.25, 0.3) is 44.7 Å². The lowest BCUT2D eigenvalue weighted by molar-refractivity contribution is -0.135. The Morgan fingerprint density at radius 1 is 0.947 bits per heavy atom. The molecule has 12 nitrogen and oxygen atoms in total. The molecule has 4 N–H and O–H groups in total. The number of fused-ring (bicyclic) bond motifs is 5. The van der Waals surface area contributed by atoms with Gasteiger partial charge in [0, 0.05) is 27.9 Å². The smallest absolute Gasteiger partial charge is 0.407 e. The third-order valence-corrected chi connectivity index (χ3v) is 13.2. The maximum Gasteiger partial charge on any atom is 0.407 e. The minimum atomic E-state index is -0.711. The van der Waals surface area contributed by atoms with E-state index in [9.17, 15) is 9.59 Å². The molecule has 4 aromatic heterocycles. The Hall–Kier alpha value is -5.47. The van der Waals surface area contributed by atoms with Crippen LogP contribution in [-0.4, -0.2) is 67.6 Å². The maximum absolute atomic E-state index is 16.5. The molecule has 0 spiro atoms. The Kier molecular flexibility index (Phi) is 8.93. The summed E-state index contributed by atoms with van der Waals surface area (Å²) in [7, 11) is 1.29. The zero-order valence-corrected chi connectivity index (χ0v) is 32.9. The number of amides is 2. The van der Waals surface area contributed by atoms with Crippen molar-refractivity contribution in [1.29, 1.82) is 0 Å². The number of imidazole rings is 2. The zero-order chi connectivity index (χ0) is 38.9. The fourth-order valence-corrected chi connectivity index (χ4v) is 10.00. The average molecular weight is 789 g/mol. The molecule has 2 aromatic carbocycles. The molecule has 294 valence electrons. The summed E-state index contributed by atoms with van der Waals surface area (Å²) in [5, 5.41) is 7.13. The summed E-state index contributed by atoms with van der Waals surface area (Å²) in [5.74, 6) is 2.03. The molecule has 14 heteroatoms. The molecule has 2 amide bonds. The second kappa shape index (κ2) is 14.2. The molecule has 1 aliphatic carbocycles. The van der Waals surface area contributed by atoms with Crippen LogP contribution in [0.5, 0.6) is 5.75 Å². The molecule has 7 heterocycles. The van der Waals surface area contributed by atoms with Crippen molar-refractivity contribution < 1.29 is 23.5 Å². The highest BCUT2D eigenvalue weighted by Gasteiger charge is 2.38. The predicted octanol–water partition coefficient (Wildman–Crippen LogP) is 8.57. The number of halogens is 1. The number of rotatable bonds is 9. The Labute approximate surface area is 333 Å².